The molecule has 3 N–H and O–H groups in total. The smallest absolute Gasteiger partial charge is 0.0935 e. The van der Waals surface area contributed by atoms with Crippen LogP contribution in [0.5, 0.6) is 0 Å². The van der Waals surface area contributed by atoms with Crippen LogP contribution < -0.4 is 5.73 Å². The lowest BCUT2D eigenvalue weighted by Gasteiger charge is -2.27. The molecule has 0 saturated carbocycles. The molecule has 0 spiro atoms. The van der Waals surface area contributed by atoms with Gasteiger partial charge in [0.15, 0.2) is 0 Å². The van der Waals surface area contributed by atoms with E-state index in [1.54, 1.807) is 7.11 Å². The average Bonchev–Trinajstić information content (AvgIpc) is 2.78. The molecule has 1 unspecified atom stereocenters. The van der Waals surface area contributed by atoms with Gasteiger partial charge in [0.1, 0.15) is 0 Å². The zero-order valence-corrected chi connectivity index (χ0v) is 12.4. The summed E-state index contributed by atoms with van der Waals surface area (Å²) in [7, 11) is 1.61. The van der Waals surface area contributed by atoms with Crippen LogP contribution in [0, 0.1) is 0 Å². The first-order valence-electron chi connectivity index (χ1n) is 7.05. The topological polar surface area (TPSA) is 73.3 Å². The van der Waals surface area contributed by atoms with Gasteiger partial charge in [0.2, 0.25) is 0 Å². The van der Waals surface area contributed by atoms with Gasteiger partial charge in [0.05, 0.1) is 17.9 Å². The van der Waals surface area contributed by atoms with E-state index in [0.29, 0.717) is 26.0 Å². The summed E-state index contributed by atoms with van der Waals surface area (Å²) in [5, 5.41) is 15.2. The normalized spacial score (nSPS) is 14.6. The maximum absolute atomic E-state index is 10.7. The number of aromatic nitrogens is 2. The van der Waals surface area contributed by atoms with Crippen molar-refractivity contribution in [1.29, 1.82) is 0 Å². The molecule has 0 saturated heterocycles. The minimum absolute atomic E-state index is 0.323. The van der Waals surface area contributed by atoms with Crippen molar-refractivity contribution in [1.82, 2.24) is 9.78 Å². The molecule has 0 aliphatic rings. The lowest BCUT2D eigenvalue weighted by molar-refractivity contribution is -0.0387. The number of nitrogens with zero attached hydrogens (tertiary/aromatic N) is 2. The number of hydrogen-bond donors (Lipinski definition) is 2. The van der Waals surface area contributed by atoms with E-state index in [1.165, 1.54) is 0 Å². The molecular formula is C14H27N3O2. The van der Waals surface area contributed by atoms with Gasteiger partial charge in [-0.15, -0.1) is 0 Å². The second-order valence-electron chi connectivity index (χ2n) is 5.02. The molecular weight excluding hydrogens is 242 g/mol. The Morgan fingerprint density at radius 1 is 1.47 bits per heavy atom. The van der Waals surface area contributed by atoms with Crippen LogP contribution in [0.15, 0.2) is 6.07 Å². The fraction of sp³-hybridized carbons (Fsp3) is 0.786. The van der Waals surface area contributed by atoms with Crippen LogP contribution in [-0.4, -0.2) is 40.7 Å². The summed E-state index contributed by atoms with van der Waals surface area (Å²) in [6.45, 7) is 5.87. The number of methoxy groups -OCH3 is 1. The molecule has 5 nitrogen and oxygen atoms in total. The van der Waals surface area contributed by atoms with E-state index in [9.17, 15) is 5.11 Å². The molecule has 1 aromatic rings. The largest absolute Gasteiger partial charge is 0.387 e. The zero-order chi connectivity index (χ0) is 14.3. The fourth-order valence-electron chi connectivity index (χ4n) is 2.35. The Labute approximate surface area is 115 Å². The van der Waals surface area contributed by atoms with Crippen LogP contribution in [0.1, 0.15) is 38.1 Å². The van der Waals surface area contributed by atoms with E-state index in [4.69, 9.17) is 10.5 Å². The third kappa shape index (κ3) is 4.60. The van der Waals surface area contributed by atoms with Crippen molar-refractivity contribution in [3.05, 3.63) is 17.5 Å². The summed E-state index contributed by atoms with van der Waals surface area (Å²) in [6.07, 6.45) is 2.90. The van der Waals surface area contributed by atoms with E-state index >= 15 is 0 Å². The summed E-state index contributed by atoms with van der Waals surface area (Å²) in [5.41, 5.74) is 6.81. The van der Waals surface area contributed by atoms with Crippen molar-refractivity contribution in [2.45, 2.75) is 51.7 Å². The highest BCUT2D eigenvalue weighted by atomic mass is 16.5. The van der Waals surface area contributed by atoms with Gasteiger partial charge in [0.25, 0.3) is 0 Å². The van der Waals surface area contributed by atoms with E-state index in [1.807, 2.05) is 4.68 Å². The summed E-state index contributed by atoms with van der Waals surface area (Å²) < 4.78 is 7.12. The molecule has 19 heavy (non-hydrogen) atoms. The van der Waals surface area contributed by atoms with E-state index in [-0.39, 0.29) is 0 Å². The van der Waals surface area contributed by atoms with Crippen molar-refractivity contribution in [2.75, 3.05) is 20.3 Å². The van der Waals surface area contributed by atoms with Crippen LogP contribution in [0.25, 0.3) is 0 Å². The Morgan fingerprint density at radius 2 is 2.21 bits per heavy atom. The second kappa shape index (κ2) is 7.62. The molecule has 0 aliphatic heterocycles. The fourth-order valence-corrected chi connectivity index (χ4v) is 2.35. The van der Waals surface area contributed by atoms with E-state index in [2.05, 4.69) is 25.0 Å². The van der Waals surface area contributed by atoms with Crippen molar-refractivity contribution in [3.8, 4) is 0 Å². The maximum Gasteiger partial charge on any atom is 0.0935 e. The number of aryl methyl sites for hydroxylation is 2. The van der Waals surface area contributed by atoms with Crippen molar-refractivity contribution in [2.24, 2.45) is 5.73 Å². The zero-order valence-electron chi connectivity index (χ0n) is 12.4. The molecule has 1 aromatic heterocycles. The van der Waals surface area contributed by atoms with Gasteiger partial charge < -0.3 is 15.6 Å². The SMILES string of the molecule is CCc1cc(CC(O)(CCCN)COC)n(CC)n1. The minimum atomic E-state index is -0.855. The van der Waals surface area contributed by atoms with Crippen LogP contribution in [-0.2, 0) is 24.1 Å². The van der Waals surface area contributed by atoms with Crippen molar-refractivity contribution in [3.63, 3.8) is 0 Å². The van der Waals surface area contributed by atoms with Crippen LogP contribution in [0.2, 0.25) is 0 Å². The molecule has 0 radical (unpaired) electrons. The highest BCUT2D eigenvalue weighted by Gasteiger charge is 2.28. The second-order valence-corrected chi connectivity index (χ2v) is 5.02. The molecule has 0 fully saturated rings. The van der Waals surface area contributed by atoms with Gasteiger partial charge >= 0.3 is 0 Å². The number of nitrogens with two attached hydrogens (primary N) is 1. The molecule has 1 atom stereocenters. The van der Waals surface area contributed by atoms with Gasteiger partial charge in [-0.25, -0.2) is 0 Å². The third-order valence-electron chi connectivity index (χ3n) is 3.35. The Bertz CT molecular complexity index is 379. The quantitative estimate of drug-likeness (QED) is 0.704. The third-order valence-corrected chi connectivity index (χ3v) is 3.35. The van der Waals surface area contributed by atoms with Crippen molar-refractivity contribution >= 4 is 0 Å². The summed E-state index contributed by atoms with van der Waals surface area (Å²) in [6, 6.07) is 2.08. The number of rotatable bonds is 9. The van der Waals surface area contributed by atoms with Gasteiger partial charge in [-0.2, -0.15) is 5.10 Å². The first-order valence-corrected chi connectivity index (χ1v) is 7.05. The molecule has 110 valence electrons. The Balaban J connectivity index is 2.85. The summed E-state index contributed by atoms with van der Waals surface area (Å²) in [5.74, 6) is 0. The molecule has 0 aromatic carbocycles. The molecule has 0 amide bonds. The Kier molecular flexibility index (Phi) is 6.48. The molecule has 5 heteroatoms. The molecule has 1 heterocycles. The predicted octanol–water partition coefficient (Wildman–Crippen LogP) is 1.12. The highest BCUT2D eigenvalue weighted by Crippen LogP contribution is 2.20. The van der Waals surface area contributed by atoms with Gasteiger partial charge in [-0.3, -0.25) is 4.68 Å². The van der Waals surface area contributed by atoms with Crippen LogP contribution in [0.3, 0.4) is 0 Å². The lowest BCUT2D eigenvalue weighted by Crippen LogP contribution is -2.38. The Morgan fingerprint density at radius 3 is 2.74 bits per heavy atom. The number of hydrogen-bond acceptors (Lipinski definition) is 4. The number of aliphatic hydroxyl groups is 1. The molecule has 0 aliphatic carbocycles. The van der Waals surface area contributed by atoms with Crippen LogP contribution >= 0.6 is 0 Å². The monoisotopic (exact) mass is 269 g/mol. The predicted molar refractivity (Wildman–Crippen MR) is 76.1 cm³/mol. The van der Waals surface area contributed by atoms with E-state index in [0.717, 1.165) is 30.8 Å². The van der Waals surface area contributed by atoms with Crippen LogP contribution in [0.4, 0.5) is 0 Å². The standard InChI is InChI=1S/C14H27N3O2/c1-4-12-9-13(17(5-2)16-12)10-14(18,11-19-3)7-6-8-15/h9,18H,4-8,10-11,15H2,1-3H3. The summed E-state index contributed by atoms with van der Waals surface area (Å²) in [4.78, 5) is 0. The van der Waals surface area contributed by atoms with Crippen molar-refractivity contribution < 1.29 is 9.84 Å². The molecule has 1 rings (SSSR count). The average molecular weight is 269 g/mol. The first kappa shape index (κ1) is 16.1. The minimum Gasteiger partial charge on any atom is -0.387 e. The first-order chi connectivity index (χ1) is 9.08. The number of ether oxygens (including phenoxy) is 1. The lowest BCUT2D eigenvalue weighted by atomic mass is 9.92. The van der Waals surface area contributed by atoms with Gasteiger partial charge in [0, 0.05) is 25.8 Å². The molecule has 0 bridgehead atoms. The summed E-state index contributed by atoms with van der Waals surface area (Å²) >= 11 is 0. The van der Waals surface area contributed by atoms with E-state index < -0.39 is 5.60 Å². The van der Waals surface area contributed by atoms with Gasteiger partial charge in [-0.1, -0.05) is 6.92 Å². The van der Waals surface area contributed by atoms with Gasteiger partial charge in [-0.05, 0) is 38.8 Å². The maximum atomic E-state index is 10.7. The highest BCUT2D eigenvalue weighted by molar-refractivity contribution is 5.13. The Hall–Kier alpha value is -0.910.